The smallest absolute Gasteiger partial charge is 0.358 e. The summed E-state index contributed by atoms with van der Waals surface area (Å²) in [5.41, 5.74) is -0.205. The molecule has 0 unspecified atom stereocenters. The van der Waals surface area contributed by atoms with Gasteiger partial charge in [0.2, 0.25) is 0 Å². The van der Waals surface area contributed by atoms with E-state index in [4.69, 9.17) is 0 Å². The molecule has 6 heteroatoms. The third-order valence-electron chi connectivity index (χ3n) is 1.41. The second kappa shape index (κ2) is 3.69. The Morgan fingerprint density at radius 1 is 1.69 bits per heavy atom. The number of methoxy groups -OCH3 is 1. The number of aryl methyl sites for hydroxylation is 1. The van der Waals surface area contributed by atoms with Crippen LogP contribution in [0.2, 0.25) is 0 Å². The van der Waals surface area contributed by atoms with Gasteiger partial charge in [0.1, 0.15) is 0 Å². The highest BCUT2D eigenvalue weighted by atomic mass is 79.9. The number of esters is 1. The number of rotatable bonds is 1. The van der Waals surface area contributed by atoms with Crippen LogP contribution in [0.1, 0.15) is 10.5 Å². The fourth-order valence-electron chi connectivity index (χ4n) is 0.777. The van der Waals surface area contributed by atoms with E-state index in [2.05, 4.69) is 25.8 Å². The Labute approximate surface area is 82.4 Å². The topological polar surface area (TPSA) is 61.2 Å². The van der Waals surface area contributed by atoms with E-state index in [0.29, 0.717) is 0 Å². The van der Waals surface area contributed by atoms with Gasteiger partial charge in [0.25, 0.3) is 5.56 Å². The molecule has 1 aromatic rings. The lowest BCUT2D eigenvalue weighted by Crippen LogP contribution is -2.23. The van der Waals surface area contributed by atoms with Crippen molar-refractivity contribution in [3.63, 3.8) is 0 Å². The van der Waals surface area contributed by atoms with Crippen LogP contribution in [0.25, 0.3) is 0 Å². The molecule has 1 heterocycles. The highest BCUT2D eigenvalue weighted by molar-refractivity contribution is 9.10. The number of aromatic nitrogens is 2. The van der Waals surface area contributed by atoms with E-state index in [9.17, 15) is 9.59 Å². The second-order valence-electron chi connectivity index (χ2n) is 2.30. The van der Waals surface area contributed by atoms with E-state index in [0.717, 1.165) is 4.68 Å². The zero-order chi connectivity index (χ0) is 10.0. The molecule has 13 heavy (non-hydrogen) atoms. The Morgan fingerprint density at radius 2 is 2.31 bits per heavy atom. The first kappa shape index (κ1) is 9.91. The Kier molecular flexibility index (Phi) is 2.82. The van der Waals surface area contributed by atoms with Crippen molar-refractivity contribution in [1.82, 2.24) is 9.78 Å². The van der Waals surface area contributed by atoms with Crippen molar-refractivity contribution in [1.29, 1.82) is 0 Å². The molecular formula is C7H7BrN2O3. The van der Waals surface area contributed by atoms with Gasteiger partial charge in [0.05, 0.1) is 11.6 Å². The highest BCUT2D eigenvalue weighted by Crippen LogP contribution is 2.04. The molecule has 0 aliphatic heterocycles. The molecule has 0 spiro atoms. The Morgan fingerprint density at radius 3 is 2.77 bits per heavy atom. The van der Waals surface area contributed by atoms with Gasteiger partial charge < -0.3 is 4.74 Å². The zero-order valence-corrected chi connectivity index (χ0v) is 8.66. The van der Waals surface area contributed by atoms with Gasteiger partial charge in [-0.1, -0.05) is 0 Å². The van der Waals surface area contributed by atoms with Crippen LogP contribution in [0.15, 0.2) is 15.3 Å². The molecule has 1 aromatic heterocycles. The normalized spacial score (nSPS) is 9.77. The number of hydrogen-bond donors (Lipinski definition) is 0. The first-order valence-corrected chi connectivity index (χ1v) is 4.17. The van der Waals surface area contributed by atoms with Crippen molar-refractivity contribution in [2.75, 3.05) is 7.11 Å². The van der Waals surface area contributed by atoms with Gasteiger partial charge in [-0.15, -0.1) is 0 Å². The standard InChI is InChI=1S/C7H7BrN2O3/c1-10-6(11)4(8)3-5(9-10)7(12)13-2/h3H,1-2H3. The van der Waals surface area contributed by atoms with E-state index in [1.54, 1.807) is 0 Å². The van der Waals surface area contributed by atoms with Crippen molar-refractivity contribution < 1.29 is 9.53 Å². The molecule has 70 valence electrons. The summed E-state index contributed by atoms with van der Waals surface area (Å²) >= 11 is 3.01. The van der Waals surface area contributed by atoms with Crippen molar-refractivity contribution in [3.05, 3.63) is 26.6 Å². The third-order valence-corrected chi connectivity index (χ3v) is 1.98. The molecule has 5 nitrogen and oxygen atoms in total. The molecular weight excluding hydrogens is 240 g/mol. The first-order valence-electron chi connectivity index (χ1n) is 3.38. The summed E-state index contributed by atoms with van der Waals surface area (Å²) in [5.74, 6) is -0.573. The summed E-state index contributed by atoms with van der Waals surface area (Å²) in [6.07, 6.45) is 0. The minimum absolute atomic E-state index is 0.0940. The lowest BCUT2D eigenvalue weighted by Gasteiger charge is -2.01. The van der Waals surface area contributed by atoms with Gasteiger partial charge >= 0.3 is 5.97 Å². The van der Waals surface area contributed by atoms with E-state index in [1.165, 1.54) is 20.2 Å². The number of hydrogen-bond acceptors (Lipinski definition) is 4. The number of carbonyl (C=O) groups excluding carboxylic acids is 1. The lowest BCUT2D eigenvalue weighted by molar-refractivity contribution is 0.0591. The summed E-state index contributed by atoms with van der Waals surface area (Å²) in [7, 11) is 2.71. The average molecular weight is 247 g/mol. The summed E-state index contributed by atoms with van der Waals surface area (Å²) in [6.45, 7) is 0. The second-order valence-corrected chi connectivity index (χ2v) is 3.15. The lowest BCUT2D eigenvalue weighted by atomic mass is 10.4. The molecule has 0 saturated carbocycles. The molecule has 0 radical (unpaired) electrons. The predicted molar refractivity (Wildman–Crippen MR) is 48.5 cm³/mol. The quantitative estimate of drug-likeness (QED) is 0.671. The molecule has 1 rings (SSSR count). The van der Waals surface area contributed by atoms with Crippen LogP contribution in [0.3, 0.4) is 0 Å². The number of nitrogens with zero attached hydrogens (tertiary/aromatic N) is 2. The zero-order valence-electron chi connectivity index (χ0n) is 7.07. The van der Waals surface area contributed by atoms with Crippen LogP contribution >= 0.6 is 15.9 Å². The maximum atomic E-state index is 11.1. The molecule has 0 aliphatic carbocycles. The molecule has 0 bridgehead atoms. The third kappa shape index (κ3) is 1.95. The Bertz CT molecular complexity index is 373. The summed E-state index contributed by atoms with van der Waals surface area (Å²) < 4.78 is 5.80. The first-order chi connectivity index (χ1) is 6.06. The molecule has 0 aliphatic rings. The van der Waals surface area contributed by atoms with E-state index in [-0.39, 0.29) is 15.7 Å². The fourth-order valence-corrected chi connectivity index (χ4v) is 1.25. The summed E-state index contributed by atoms with van der Waals surface area (Å²) in [4.78, 5) is 22.1. The molecule has 0 amide bonds. The monoisotopic (exact) mass is 246 g/mol. The van der Waals surface area contributed by atoms with Crippen LogP contribution in [-0.2, 0) is 11.8 Å². The minimum Gasteiger partial charge on any atom is -0.464 e. The van der Waals surface area contributed by atoms with Crippen LogP contribution in [0.5, 0.6) is 0 Å². The Hall–Kier alpha value is -1.17. The molecule has 0 saturated heterocycles. The SMILES string of the molecule is COC(=O)c1cc(Br)c(=O)n(C)n1. The van der Waals surface area contributed by atoms with E-state index in [1.807, 2.05) is 0 Å². The Balaban J connectivity index is 3.29. The van der Waals surface area contributed by atoms with Crippen molar-refractivity contribution in [2.45, 2.75) is 0 Å². The van der Waals surface area contributed by atoms with Gasteiger partial charge in [-0.2, -0.15) is 5.10 Å². The van der Waals surface area contributed by atoms with Crippen molar-refractivity contribution in [2.24, 2.45) is 7.05 Å². The molecule has 0 fully saturated rings. The molecule has 0 N–H and O–H groups in total. The van der Waals surface area contributed by atoms with Crippen molar-refractivity contribution in [3.8, 4) is 0 Å². The summed E-state index contributed by atoms with van der Waals surface area (Å²) in [6, 6.07) is 1.33. The average Bonchev–Trinajstić information content (AvgIpc) is 2.12. The molecule has 0 atom stereocenters. The minimum atomic E-state index is -0.573. The van der Waals surface area contributed by atoms with E-state index < -0.39 is 5.97 Å². The van der Waals surface area contributed by atoms with Gasteiger partial charge in [0.15, 0.2) is 5.69 Å². The van der Waals surface area contributed by atoms with Crippen LogP contribution in [0.4, 0.5) is 0 Å². The van der Waals surface area contributed by atoms with Gasteiger partial charge in [-0.3, -0.25) is 4.79 Å². The van der Waals surface area contributed by atoms with Crippen molar-refractivity contribution >= 4 is 21.9 Å². The van der Waals surface area contributed by atoms with Crippen LogP contribution < -0.4 is 5.56 Å². The van der Waals surface area contributed by atoms with Gasteiger partial charge in [0, 0.05) is 7.05 Å². The predicted octanol–water partition coefficient (Wildman–Crippen LogP) is 0.329. The maximum absolute atomic E-state index is 11.1. The number of carbonyl (C=O) groups is 1. The fraction of sp³-hybridized carbons (Fsp3) is 0.286. The van der Waals surface area contributed by atoms with Gasteiger partial charge in [-0.05, 0) is 22.0 Å². The number of halogens is 1. The highest BCUT2D eigenvalue weighted by Gasteiger charge is 2.10. The largest absolute Gasteiger partial charge is 0.464 e. The number of ether oxygens (including phenoxy) is 1. The van der Waals surface area contributed by atoms with Crippen LogP contribution in [-0.4, -0.2) is 22.9 Å². The molecule has 0 aromatic carbocycles. The summed E-state index contributed by atoms with van der Waals surface area (Å²) in [5, 5.41) is 3.70. The van der Waals surface area contributed by atoms with Crippen LogP contribution in [0, 0.1) is 0 Å². The maximum Gasteiger partial charge on any atom is 0.358 e. The van der Waals surface area contributed by atoms with Gasteiger partial charge in [-0.25, -0.2) is 9.48 Å². The van der Waals surface area contributed by atoms with E-state index >= 15 is 0 Å².